The molecule has 0 aliphatic carbocycles. The summed E-state index contributed by atoms with van der Waals surface area (Å²) in [5.41, 5.74) is 7.22. The van der Waals surface area contributed by atoms with E-state index in [2.05, 4.69) is 20.9 Å². The molecule has 0 saturated carbocycles. The third-order valence-electron chi connectivity index (χ3n) is 4.16. The second-order valence-corrected chi connectivity index (χ2v) is 8.16. The summed E-state index contributed by atoms with van der Waals surface area (Å²) in [4.78, 5) is 15.9. The molecule has 0 amide bonds. The molecule has 0 fully saturated rings. The molecule has 10 heteroatoms. The van der Waals surface area contributed by atoms with Gasteiger partial charge in [0.05, 0.1) is 13.2 Å². The Balaban J connectivity index is 1.87. The topological polar surface area (TPSA) is 93.1 Å². The van der Waals surface area contributed by atoms with Crippen LogP contribution in [-0.4, -0.2) is 55.8 Å². The number of aliphatic hydroxyl groups excluding tert-OH is 1. The molecule has 2 heterocycles. The van der Waals surface area contributed by atoms with Gasteiger partial charge in [-0.15, -0.1) is 6.42 Å². The third kappa shape index (κ3) is 5.53. The number of terminal acetylenes is 1. The quantitative estimate of drug-likeness (QED) is 0.483. The van der Waals surface area contributed by atoms with Gasteiger partial charge in [-0.25, -0.2) is 15.0 Å². The SMILES string of the molecule is C#CCN(CCO)CCCn1c(Sc2cc(Cl)cc(Cl)c2)nc2c(N)ncnc21. The van der Waals surface area contributed by atoms with Crippen LogP contribution in [-0.2, 0) is 6.54 Å². The first-order valence-electron chi connectivity index (χ1n) is 8.89. The summed E-state index contributed by atoms with van der Waals surface area (Å²) < 4.78 is 2.00. The molecular formula is C19H20Cl2N6OS. The number of nitrogens with zero attached hydrogens (tertiary/aromatic N) is 5. The summed E-state index contributed by atoms with van der Waals surface area (Å²) >= 11 is 13.7. The molecule has 3 aromatic rings. The number of rotatable bonds is 9. The number of hydrogen-bond donors (Lipinski definition) is 2. The van der Waals surface area contributed by atoms with E-state index in [4.69, 9.17) is 35.4 Å². The maximum Gasteiger partial charge on any atom is 0.175 e. The van der Waals surface area contributed by atoms with Gasteiger partial charge in [0.15, 0.2) is 22.1 Å². The van der Waals surface area contributed by atoms with Crippen LogP contribution in [0.15, 0.2) is 34.6 Å². The largest absolute Gasteiger partial charge is 0.395 e. The van der Waals surface area contributed by atoms with E-state index in [-0.39, 0.29) is 6.61 Å². The minimum Gasteiger partial charge on any atom is -0.395 e. The van der Waals surface area contributed by atoms with Crippen LogP contribution in [0.25, 0.3) is 11.2 Å². The van der Waals surface area contributed by atoms with Gasteiger partial charge in [-0.2, -0.15) is 0 Å². The Morgan fingerprint density at radius 2 is 1.97 bits per heavy atom. The summed E-state index contributed by atoms with van der Waals surface area (Å²) in [6, 6.07) is 5.33. The van der Waals surface area contributed by atoms with E-state index in [9.17, 15) is 5.11 Å². The normalized spacial score (nSPS) is 11.3. The number of anilines is 1. The summed E-state index contributed by atoms with van der Waals surface area (Å²) in [6.45, 7) is 2.47. The van der Waals surface area contributed by atoms with Crippen molar-refractivity contribution in [2.45, 2.75) is 23.0 Å². The Morgan fingerprint density at radius 1 is 1.21 bits per heavy atom. The molecule has 29 heavy (non-hydrogen) atoms. The standard InChI is InChI=1S/C19H20Cl2N6OS/c1-2-4-26(7-8-28)5-3-6-27-18-16(17(22)23-12-24-18)25-19(27)29-15-10-13(20)9-14(21)11-15/h1,9-12,28H,3-8H2,(H2,22,23,24). The Kier molecular flexibility index (Phi) is 7.58. The van der Waals surface area contributed by atoms with E-state index < -0.39 is 0 Å². The highest BCUT2D eigenvalue weighted by Gasteiger charge is 2.16. The molecule has 0 aliphatic heterocycles. The second-order valence-electron chi connectivity index (χ2n) is 6.24. The zero-order valence-corrected chi connectivity index (χ0v) is 17.9. The summed E-state index contributed by atoms with van der Waals surface area (Å²) in [6.07, 6.45) is 7.63. The Bertz CT molecular complexity index is 1020. The van der Waals surface area contributed by atoms with Crippen molar-refractivity contribution in [3.8, 4) is 12.3 Å². The van der Waals surface area contributed by atoms with Crippen LogP contribution < -0.4 is 5.73 Å². The number of aryl methyl sites for hydroxylation is 1. The summed E-state index contributed by atoms with van der Waals surface area (Å²) in [5, 5.41) is 11.0. The average molecular weight is 451 g/mol. The molecule has 152 valence electrons. The summed E-state index contributed by atoms with van der Waals surface area (Å²) in [7, 11) is 0. The predicted molar refractivity (Wildman–Crippen MR) is 117 cm³/mol. The van der Waals surface area contributed by atoms with Crippen molar-refractivity contribution in [3.05, 3.63) is 34.6 Å². The maximum absolute atomic E-state index is 9.19. The first-order valence-corrected chi connectivity index (χ1v) is 10.5. The van der Waals surface area contributed by atoms with Gasteiger partial charge in [0.2, 0.25) is 0 Å². The van der Waals surface area contributed by atoms with E-state index in [0.717, 1.165) is 23.0 Å². The first-order chi connectivity index (χ1) is 14.0. The Hall–Kier alpha value is -2.02. The van der Waals surface area contributed by atoms with Crippen LogP contribution in [0.1, 0.15) is 6.42 Å². The van der Waals surface area contributed by atoms with Crippen molar-refractivity contribution in [2.75, 3.05) is 32.0 Å². The van der Waals surface area contributed by atoms with Gasteiger partial charge in [-0.3, -0.25) is 4.90 Å². The van der Waals surface area contributed by atoms with E-state index in [1.165, 1.54) is 18.1 Å². The molecule has 0 saturated heterocycles. The van der Waals surface area contributed by atoms with Crippen LogP contribution >= 0.6 is 35.0 Å². The van der Waals surface area contributed by atoms with Crippen molar-refractivity contribution in [3.63, 3.8) is 0 Å². The lowest BCUT2D eigenvalue weighted by Crippen LogP contribution is -2.29. The fourth-order valence-electron chi connectivity index (χ4n) is 2.90. The average Bonchev–Trinajstić information content (AvgIpc) is 3.00. The second kappa shape index (κ2) is 10.1. The molecule has 1 aromatic carbocycles. The Morgan fingerprint density at radius 3 is 2.66 bits per heavy atom. The van der Waals surface area contributed by atoms with Crippen molar-refractivity contribution in [1.82, 2.24) is 24.4 Å². The van der Waals surface area contributed by atoms with E-state index in [1.54, 1.807) is 6.07 Å². The van der Waals surface area contributed by atoms with Crippen LogP contribution in [0.3, 0.4) is 0 Å². The van der Waals surface area contributed by atoms with Crippen molar-refractivity contribution in [2.24, 2.45) is 0 Å². The number of nitrogen functional groups attached to an aromatic ring is 1. The molecule has 0 unspecified atom stereocenters. The number of benzene rings is 1. The van der Waals surface area contributed by atoms with Gasteiger partial charge < -0.3 is 15.4 Å². The van der Waals surface area contributed by atoms with Crippen molar-refractivity contribution in [1.29, 1.82) is 0 Å². The molecule has 3 N–H and O–H groups in total. The molecule has 7 nitrogen and oxygen atoms in total. The van der Waals surface area contributed by atoms with E-state index in [1.807, 2.05) is 21.6 Å². The van der Waals surface area contributed by atoms with E-state index >= 15 is 0 Å². The fourth-order valence-corrected chi connectivity index (χ4v) is 4.56. The molecule has 0 radical (unpaired) electrons. The van der Waals surface area contributed by atoms with Gasteiger partial charge in [-0.05, 0) is 24.6 Å². The maximum atomic E-state index is 9.19. The lowest BCUT2D eigenvalue weighted by molar-refractivity contribution is 0.207. The van der Waals surface area contributed by atoms with Crippen molar-refractivity contribution < 1.29 is 5.11 Å². The van der Waals surface area contributed by atoms with Crippen molar-refractivity contribution >= 4 is 51.9 Å². The minimum absolute atomic E-state index is 0.0655. The number of fused-ring (bicyclic) bond motifs is 1. The lowest BCUT2D eigenvalue weighted by Gasteiger charge is -2.18. The number of imidazole rings is 1. The van der Waals surface area contributed by atoms with Gasteiger partial charge in [0, 0.05) is 34.6 Å². The number of nitrogens with two attached hydrogens (primary N) is 1. The highest BCUT2D eigenvalue weighted by Crippen LogP contribution is 2.34. The molecule has 0 atom stereocenters. The van der Waals surface area contributed by atoms with E-state index in [0.29, 0.717) is 46.7 Å². The molecule has 0 spiro atoms. The van der Waals surface area contributed by atoms with Gasteiger partial charge >= 0.3 is 0 Å². The first kappa shape index (κ1) is 21.7. The lowest BCUT2D eigenvalue weighted by atomic mass is 10.3. The van der Waals surface area contributed by atoms with Gasteiger partial charge in [0.25, 0.3) is 0 Å². The molecule has 0 aliphatic rings. The monoisotopic (exact) mass is 450 g/mol. The number of aromatic nitrogens is 4. The van der Waals surface area contributed by atoms with Gasteiger partial charge in [-0.1, -0.05) is 40.9 Å². The zero-order chi connectivity index (χ0) is 20.8. The molecule has 3 rings (SSSR count). The Labute approximate surface area is 183 Å². The van der Waals surface area contributed by atoms with Crippen LogP contribution in [0.4, 0.5) is 5.82 Å². The number of aliphatic hydroxyl groups is 1. The highest BCUT2D eigenvalue weighted by atomic mass is 35.5. The highest BCUT2D eigenvalue weighted by molar-refractivity contribution is 7.99. The predicted octanol–water partition coefficient (Wildman–Crippen LogP) is 3.18. The smallest absolute Gasteiger partial charge is 0.175 e. The number of halogens is 2. The van der Waals surface area contributed by atoms with Crippen LogP contribution in [0.5, 0.6) is 0 Å². The number of hydrogen-bond acceptors (Lipinski definition) is 7. The third-order valence-corrected chi connectivity index (χ3v) is 5.56. The zero-order valence-electron chi connectivity index (χ0n) is 15.6. The van der Waals surface area contributed by atoms with Crippen LogP contribution in [0, 0.1) is 12.3 Å². The fraction of sp³-hybridized carbons (Fsp3) is 0.316. The summed E-state index contributed by atoms with van der Waals surface area (Å²) in [5.74, 6) is 2.95. The van der Waals surface area contributed by atoms with Crippen LogP contribution in [0.2, 0.25) is 10.0 Å². The van der Waals surface area contributed by atoms with Gasteiger partial charge in [0.1, 0.15) is 6.33 Å². The molecule has 2 aromatic heterocycles. The minimum atomic E-state index is 0.0655. The molecular weight excluding hydrogens is 431 g/mol. The molecule has 0 bridgehead atoms.